The maximum absolute atomic E-state index is 14.1. The van der Waals surface area contributed by atoms with Crippen molar-refractivity contribution in [1.82, 2.24) is 10.2 Å². The number of benzene rings is 3. The summed E-state index contributed by atoms with van der Waals surface area (Å²) < 4.78 is 32.2. The molecular formula is C29H34ClN3O5S. The van der Waals surface area contributed by atoms with Crippen LogP contribution in [0.3, 0.4) is 0 Å². The second kappa shape index (κ2) is 13.5. The first-order valence-electron chi connectivity index (χ1n) is 12.5. The molecular weight excluding hydrogens is 538 g/mol. The average Bonchev–Trinajstić information content (AvgIpc) is 2.89. The highest BCUT2D eigenvalue weighted by Gasteiger charge is 2.34. The van der Waals surface area contributed by atoms with E-state index in [1.54, 1.807) is 6.07 Å². The molecule has 0 aliphatic carbocycles. The summed E-state index contributed by atoms with van der Waals surface area (Å²) in [6.07, 6.45) is 1.26. The third-order valence-electron chi connectivity index (χ3n) is 5.99. The largest absolute Gasteiger partial charge is 0.495 e. The molecule has 0 spiro atoms. The molecule has 0 heterocycles. The van der Waals surface area contributed by atoms with E-state index in [2.05, 4.69) is 5.32 Å². The Morgan fingerprint density at radius 1 is 0.949 bits per heavy atom. The number of hydrogen-bond acceptors (Lipinski definition) is 5. The van der Waals surface area contributed by atoms with E-state index in [1.807, 2.05) is 74.5 Å². The molecule has 0 fully saturated rings. The molecule has 0 aliphatic rings. The van der Waals surface area contributed by atoms with Gasteiger partial charge >= 0.3 is 0 Å². The second-order valence-corrected chi connectivity index (χ2v) is 11.8. The van der Waals surface area contributed by atoms with Gasteiger partial charge in [-0.2, -0.15) is 0 Å². The SMILES string of the molecule is COc1ccc(Cl)cc1N(CC(=O)N(Cc1ccccc1)[C@H](Cc1ccccc1)C(=O)NC(C)C)S(C)(=O)=O. The minimum Gasteiger partial charge on any atom is -0.495 e. The van der Waals surface area contributed by atoms with Crippen LogP contribution in [0.1, 0.15) is 25.0 Å². The number of nitrogens with zero attached hydrogens (tertiary/aromatic N) is 2. The number of amides is 2. The predicted molar refractivity (Wildman–Crippen MR) is 154 cm³/mol. The van der Waals surface area contributed by atoms with Crippen LogP contribution in [0.25, 0.3) is 0 Å². The number of sulfonamides is 1. The maximum Gasteiger partial charge on any atom is 0.244 e. The Bertz CT molecular complexity index is 1370. The number of methoxy groups -OCH3 is 1. The minimum atomic E-state index is -3.95. The topological polar surface area (TPSA) is 96.0 Å². The van der Waals surface area contributed by atoms with Crippen LogP contribution in [-0.2, 0) is 32.6 Å². The average molecular weight is 572 g/mol. The molecule has 2 amide bonds. The highest BCUT2D eigenvalue weighted by Crippen LogP contribution is 2.33. The Kier molecular flexibility index (Phi) is 10.4. The van der Waals surface area contributed by atoms with Gasteiger partial charge in [0.1, 0.15) is 18.3 Å². The van der Waals surface area contributed by atoms with E-state index in [0.29, 0.717) is 0 Å². The number of carbonyl (C=O) groups excluding carboxylic acids is 2. The monoisotopic (exact) mass is 571 g/mol. The van der Waals surface area contributed by atoms with Gasteiger partial charge in [0.25, 0.3) is 0 Å². The lowest BCUT2D eigenvalue weighted by atomic mass is 10.0. The number of ether oxygens (including phenoxy) is 1. The third-order valence-corrected chi connectivity index (χ3v) is 7.35. The molecule has 0 aromatic heterocycles. The summed E-state index contributed by atoms with van der Waals surface area (Å²) in [6.45, 7) is 3.24. The van der Waals surface area contributed by atoms with Crippen LogP contribution in [0, 0.1) is 0 Å². The Hall–Kier alpha value is -3.56. The molecule has 3 aromatic carbocycles. The van der Waals surface area contributed by atoms with E-state index < -0.39 is 28.5 Å². The van der Waals surface area contributed by atoms with Gasteiger partial charge in [0.2, 0.25) is 21.8 Å². The van der Waals surface area contributed by atoms with Crippen molar-refractivity contribution in [1.29, 1.82) is 0 Å². The molecule has 0 unspecified atom stereocenters. The molecule has 1 N–H and O–H groups in total. The van der Waals surface area contributed by atoms with Crippen molar-refractivity contribution in [3.63, 3.8) is 0 Å². The first-order valence-corrected chi connectivity index (χ1v) is 14.7. The molecule has 1 atom stereocenters. The molecule has 208 valence electrons. The highest BCUT2D eigenvalue weighted by atomic mass is 35.5. The summed E-state index contributed by atoms with van der Waals surface area (Å²) in [6, 6.07) is 22.1. The zero-order valence-corrected chi connectivity index (χ0v) is 24.1. The predicted octanol–water partition coefficient (Wildman–Crippen LogP) is 4.28. The van der Waals surface area contributed by atoms with Crippen molar-refractivity contribution in [2.24, 2.45) is 0 Å². The van der Waals surface area contributed by atoms with E-state index in [-0.39, 0.29) is 41.4 Å². The van der Waals surface area contributed by atoms with Crippen LogP contribution in [0.15, 0.2) is 78.9 Å². The summed E-state index contributed by atoms with van der Waals surface area (Å²) in [4.78, 5) is 29.0. The number of rotatable bonds is 12. The fraction of sp³-hybridized carbons (Fsp3) is 0.310. The Balaban J connectivity index is 2.08. The van der Waals surface area contributed by atoms with Crippen LogP contribution in [0.4, 0.5) is 5.69 Å². The van der Waals surface area contributed by atoms with Gasteiger partial charge in [-0.1, -0.05) is 72.3 Å². The number of hydrogen-bond donors (Lipinski definition) is 1. The number of nitrogens with one attached hydrogen (secondary N) is 1. The molecule has 0 saturated heterocycles. The van der Waals surface area contributed by atoms with Crippen molar-refractivity contribution >= 4 is 39.1 Å². The standard InChI is InChI=1S/C29H34ClN3O5S/c1-21(2)31-29(35)26(17-22-11-7-5-8-12-22)32(19-23-13-9-6-10-14-23)28(34)20-33(39(4,36)37)25-18-24(30)15-16-27(25)38-3/h5-16,18,21,26H,17,19-20H2,1-4H3,(H,31,35)/t26-/m1/s1. The van der Waals surface area contributed by atoms with Gasteiger partial charge in [-0.05, 0) is 43.2 Å². The van der Waals surface area contributed by atoms with Crippen molar-refractivity contribution < 1.29 is 22.7 Å². The Morgan fingerprint density at radius 3 is 2.08 bits per heavy atom. The van der Waals surface area contributed by atoms with E-state index in [1.165, 1.54) is 24.1 Å². The molecule has 39 heavy (non-hydrogen) atoms. The number of anilines is 1. The summed E-state index contributed by atoms with van der Waals surface area (Å²) in [5, 5.41) is 3.21. The zero-order chi connectivity index (χ0) is 28.6. The van der Waals surface area contributed by atoms with Gasteiger partial charge in [-0.3, -0.25) is 13.9 Å². The van der Waals surface area contributed by atoms with Gasteiger partial charge in [-0.15, -0.1) is 0 Å². The lowest BCUT2D eigenvalue weighted by molar-refractivity contribution is -0.140. The zero-order valence-electron chi connectivity index (χ0n) is 22.5. The van der Waals surface area contributed by atoms with Gasteiger partial charge in [0.05, 0.1) is 19.1 Å². The molecule has 10 heteroatoms. The second-order valence-electron chi connectivity index (χ2n) is 9.46. The van der Waals surface area contributed by atoms with E-state index in [4.69, 9.17) is 16.3 Å². The summed E-state index contributed by atoms with van der Waals surface area (Å²) in [5.74, 6) is -0.638. The van der Waals surface area contributed by atoms with Crippen LogP contribution in [0.2, 0.25) is 5.02 Å². The lowest BCUT2D eigenvalue weighted by Crippen LogP contribution is -2.54. The van der Waals surface area contributed by atoms with Crippen molar-refractivity contribution in [2.75, 3.05) is 24.2 Å². The van der Waals surface area contributed by atoms with Crippen LogP contribution >= 0.6 is 11.6 Å². The quantitative estimate of drug-likeness (QED) is 0.350. The van der Waals surface area contributed by atoms with Gasteiger partial charge in [0, 0.05) is 24.0 Å². The normalized spacial score (nSPS) is 12.1. The highest BCUT2D eigenvalue weighted by molar-refractivity contribution is 7.92. The first-order chi connectivity index (χ1) is 18.5. The van der Waals surface area contributed by atoms with Crippen LogP contribution in [0.5, 0.6) is 5.75 Å². The van der Waals surface area contributed by atoms with Gasteiger partial charge < -0.3 is 15.0 Å². The van der Waals surface area contributed by atoms with E-state index in [0.717, 1.165) is 21.7 Å². The number of carbonyl (C=O) groups is 2. The summed E-state index contributed by atoms with van der Waals surface area (Å²) in [5.41, 5.74) is 1.79. The minimum absolute atomic E-state index is 0.104. The smallest absolute Gasteiger partial charge is 0.244 e. The molecule has 8 nitrogen and oxygen atoms in total. The van der Waals surface area contributed by atoms with Gasteiger partial charge in [-0.25, -0.2) is 8.42 Å². The molecule has 0 bridgehead atoms. The van der Waals surface area contributed by atoms with E-state index >= 15 is 0 Å². The maximum atomic E-state index is 14.1. The van der Waals surface area contributed by atoms with Crippen LogP contribution < -0.4 is 14.4 Å². The first kappa shape index (κ1) is 30.0. The molecule has 0 aliphatic heterocycles. The lowest BCUT2D eigenvalue weighted by Gasteiger charge is -2.34. The third kappa shape index (κ3) is 8.46. The van der Waals surface area contributed by atoms with E-state index in [9.17, 15) is 18.0 Å². The molecule has 0 saturated carbocycles. The molecule has 3 aromatic rings. The van der Waals surface area contributed by atoms with Crippen molar-refractivity contribution in [3.05, 3.63) is 95.0 Å². The Morgan fingerprint density at radius 2 is 1.54 bits per heavy atom. The fourth-order valence-corrected chi connectivity index (χ4v) is 5.18. The Labute approximate surface area is 235 Å². The molecule has 3 rings (SSSR count). The summed E-state index contributed by atoms with van der Waals surface area (Å²) >= 11 is 6.18. The molecule has 0 radical (unpaired) electrons. The fourth-order valence-electron chi connectivity index (χ4n) is 4.17. The van der Waals surface area contributed by atoms with Crippen molar-refractivity contribution in [2.45, 2.75) is 38.9 Å². The number of halogens is 1. The van der Waals surface area contributed by atoms with Crippen LogP contribution in [-0.4, -0.2) is 57.1 Å². The van der Waals surface area contributed by atoms with Crippen molar-refractivity contribution in [3.8, 4) is 5.75 Å². The summed E-state index contributed by atoms with van der Waals surface area (Å²) in [7, 11) is -2.54. The van der Waals surface area contributed by atoms with Gasteiger partial charge in [0.15, 0.2) is 0 Å².